The fraction of sp³-hybridized carbons (Fsp3) is 0.130. The van der Waals surface area contributed by atoms with Crippen LogP contribution < -0.4 is 10.9 Å². The number of carbonyl (C=O) groups is 1. The molecular formula is C23H18N4O2S2. The van der Waals surface area contributed by atoms with E-state index < -0.39 is 0 Å². The molecule has 0 bridgehead atoms. The Balaban J connectivity index is 1.56. The third kappa shape index (κ3) is 3.68. The zero-order valence-corrected chi connectivity index (χ0v) is 18.3. The van der Waals surface area contributed by atoms with E-state index in [9.17, 15) is 9.59 Å². The number of aromatic nitrogens is 2. The third-order valence-electron chi connectivity index (χ3n) is 5.02. The molecule has 154 valence electrons. The van der Waals surface area contributed by atoms with Gasteiger partial charge in [0.05, 0.1) is 11.1 Å². The van der Waals surface area contributed by atoms with Crippen molar-refractivity contribution < 1.29 is 4.79 Å². The molecule has 2 aromatic carbocycles. The van der Waals surface area contributed by atoms with Gasteiger partial charge in [0.2, 0.25) is 5.91 Å². The molecule has 1 N–H and O–H groups in total. The van der Waals surface area contributed by atoms with Gasteiger partial charge in [-0.1, -0.05) is 61.2 Å². The van der Waals surface area contributed by atoms with E-state index in [1.807, 2.05) is 66.9 Å². The van der Waals surface area contributed by atoms with Crippen molar-refractivity contribution in [2.45, 2.75) is 18.5 Å². The first-order chi connectivity index (χ1) is 15.1. The number of nitrogens with one attached hydrogen (secondary N) is 1. The number of thiophene rings is 1. The van der Waals surface area contributed by atoms with Crippen molar-refractivity contribution in [3.05, 3.63) is 75.9 Å². The molecule has 3 heterocycles. The van der Waals surface area contributed by atoms with E-state index in [-0.39, 0.29) is 11.5 Å². The van der Waals surface area contributed by atoms with E-state index >= 15 is 0 Å². The SMILES string of the molecule is CCC(=O)Nc1ccc(C2=Nn3c(nc4scc(-c5ccccc5)c4c3=O)SC2)cc1. The summed E-state index contributed by atoms with van der Waals surface area (Å²) < 4.78 is 1.41. The molecule has 5 rings (SSSR count). The van der Waals surface area contributed by atoms with E-state index in [0.717, 1.165) is 32.9 Å². The first-order valence-corrected chi connectivity index (χ1v) is 11.7. The number of anilines is 1. The van der Waals surface area contributed by atoms with Crippen molar-refractivity contribution in [2.24, 2.45) is 5.10 Å². The Bertz CT molecular complexity index is 1370. The highest BCUT2D eigenvalue weighted by molar-refractivity contribution is 7.99. The van der Waals surface area contributed by atoms with Crippen LogP contribution in [-0.4, -0.2) is 27.0 Å². The minimum absolute atomic E-state index is 0.0288. The fourth-order valence-electron chi connectivity index (χ4n) is 3.39. The Hall–Kier alpha value is -3.23. The molecule has 0 radical (unpaired) electrons. The first-order valence-electron chi connectivity index (χ1n) is 9.84. The molecule has 0 saturated carbocycles. The Morgan fingerprint density at radius 2 is 1.87 bits per heavy atom. The number of amides is 1. The van der Waals surface area contributed by atoms with E-state index in [4.69, 9.17) is 4.98 Å². The summed E-state index contributed by atoms with van der Waals surface area (Å²) in [6, 6.07) is 17.4. The van der Waals surface area contributed by atoms with Gasteiger partial charge in [-0.2, -0.15) is 9.78 Å². The fourth-order valence-corrected chi connectivity index (χ4v) is 5.28. The monoisotopic (exact) mass is 446 g/mol. The first kappa shape index (κ1) is 19.7. The lowest BCUT2D eigenvalue weighted by Crippen LogP contribution is -2.25. The van der Waals surface area contributed by atoms with Gasteiger partial charge in [-0.3, -0.25) is 9.59 Å². The average molecular weight is 447 g/mol. The van der Waals surface area contributed by atoms with Crippen LogP contribution in [0.5, 0.6) is 0 Å². The van der Waals surface area contributed by atoms with Gasteiger partial charge in [-0.25, -0.2) is 4.98 Å². The van der Waals surface area contributed by atoms with Crippen LogP contribution in [0.15, 0.2) is 75.0 Å². The molecule has 31 heavy (non-hydrogen) atoms. The predicted octanol–water partition coefficient (Wildman–Crippen LogP) is 4.83. The second-order valence-electron chi connectivity index (χ2n) is 7.02. The third-order valence-corrected chi connectivity index (χ3v) is 6.84. The van der Waals surface area contributed by atoms with Gasteiger partial charge in [-0.05, 0) is 23.3 Å². The molecule has 1 aliphatic rings. The summed E-state index contributed by atoms with van der Waals surface area (Å²) in [6.07, 6.45) is 0.430. The van der Waals surface area contributed by atoms with Crippen LogP contribution in [0, 0.1) is 0 Å². The smallest absolute Gasteiger partial charge is 0.284 e. The molecule has 4 aromatic rings. The average Bonchev–Trinajstić information content (AvgIpc) is 3.24. The number of hydrogen-bond donors (Lipinski definition) is 1. The van der Waals surface area contributed by atoms with Crippen molar-refractivity contribution in [1.82, 2.24) is 9.66 Å². The van der Waals surface area contributed by atoms with Crippen molar-refractivity contribution in [2.75, 3.05) is 11.1 Å². The van der Waals surface area contributed by atoms with Gasteiger partial charge in [-0.15, -0.1) is 11.3 Å². The van der Waals surface area contributed by atoms with E-state index in [0.29, 0.717) is 22.7 Å². The van der Waals surface area contributed by atoms with Gasteiger partial charge < -0.3 is 5.32 Å². The molecule has 8 heteroatoms. The topological polar surface area (TPSA) is 76.3 Å². The lowest BCUT2D eigenvalue weighted by atomic mass is 10.1. The standard InChI is InChI=1S/C23H18N4O2S2/c1-2-19(28)24-16-10-8-15(9-11-16)18-13-31-23-25-21-20(22(29)27(23)26-18)17(12-30-21)14-6-4-3-5-7-14/h3-12H,2,13H2,1H3,(H,24,28). The number of benzene rings is 2. The zero-order valence-electron chi connectivity index (χ0n) is 16.7. The molecule has 0 atom stereocenters. The summed E-state index contributed by atoms with van der Waals surface area (Å²) in [5.41, 5.74) is 4.17. The minimum Gasteiger partial charge on any atom is -0.326 e. The number of nitrogens with zero attached hydrogens (tertiary/aromatic N) is 3. The summed E-state index contributed by atoms with van der Waals surface area (Å²) in [6.45, 7) is 1.81. The highest BCUT2D eigenvalue weighted by Crippen LogP contribution is 2.33. The van der Waals surface area contributed by atoms with E-state index in [1.54, 1.807) is 0 Å². The van der Waals surface area contributed by atoms with Crippen molar-refractivity contribution in [1.29, 1.82) is 0 Å². The molecule has 0 unspecified atom stereocenters. The van der Waals surface area contributed by atoms with Crippen LogP contribution in [0.4, 0.5) is 5.69 Å². The van der Waals surface area contributed by atoms with Gasteiger partial charge in [0.1, 0.15) is 4.83 Å². The van der Waals surface area contributed by atoms with Crippen LogP contribution in [0.25, 0.3) is 21.3 Å². The Morgan fingerprint density at radius 3 is 2.61 bits per heavy atom. The molecule has 1 amide bonds. The van der Waals surface area contributed by atoms with Crippen LogP contribution in [-0.2, 0) is 4.79 Å². The molecule has 2 aromatic heterocycles. The second kappa shape index (κ2) is 8.13. The summed E-state index contributed by atoms with van der Waals surface area (Å²) >= 11 is 2.98. The molecule has 0 saturated heterocycles. The highest BCUT2D eigenvalue weighted by atomic mass is 32.2. The molecule has 1 aliphatic heterocycles. The number of carbonyl (C=O) groups excluding carboxylic acids is 1. The maximum absolute atomic E-state index is 13.4. The summed E-state index contributed by atoms with van der Waals surface area (Å²) in [5, 5.41) is 10.7. The Morgan fingerprint density at radius 1 is 1.10 bits per heavy atom. The lowest BCUT2D eigenvalue weighted by Gasteiger charge is -2.16. The Labute approximate surface area is 186 Å². The number of rotatable bonds is 4. The molecule has 0 fully saturated rings. The largest absolute Gasteiger partial charge is 0.326 e. The quantitative estimate of drug-likeness (QED) is 0.456. The van der Waals surface area contributed by atoms with Crippen molar-refractivity contribution >= 4 is 50.6 Å². The van der Waals surface area contributed by atoms with Gasteiger partial charge >= 0.3 is 0 Å². The maximum Gasteiger partial charge on any atom is 0.284 e. The lowest BCUT2D eigenvalue weighted by molar-refractivity contribution is -0.115. The van der Waals surface area contributed by atoms with Crippen molar-refractivity contribution in [3.8, 4) is 11.1 Å². The molecule has 6 nitrogen and oxygen atoms in total. The second-order valence-corrected chi connectivity index (χ2v) is 8.82. The summed E-state index contributed by atoms with van der Waals surface area (Å²) in [7, 11) is 0. The summed E-state index contributed by atoms with van der Waals surface area (Å²) in [5.74, 6) is 0.592. The van der Waals surface area contributed by atoms with Crippen molar-refractivity contribution in [3.63, 3.8) is 0 Å². The Kier molecular flexibility index (Phi) is 5.17. The minimum atomic E-state index is -0.156. The molecular weight excluding hydrogens is 428 g/mol. The van der Waals surface area contributed by atoms with E-state index in [1.165, 1.54) is 27.8 Å². The maximum atomic E-state index is 13.4. The van der Waals surface area contributed by atoms with Crippen LogP contribution in [0.1, 0.15) is 18.9 Å². The van der Waals surface area contributed by atoms with Crippen LogP contribution in [0.3, 0.4) is 0 Å². The number of hydrogen-bond acceptors (Lipinski definition) is 6. The number of fused-ring (bicyclic) bond motifs is 2. The van der Waals surface area contributed by atoms with Gasteiger partial charge in [0.25, 0.3) is 5.56 Å². The molecule has 0 spiro atoms. The number of thioether (sulfide) groups is 1. The van der Waals surface area contributed by atoms with E-state index in [2.05, 4.69) is 10.4 Å². The summed E-state index contributed by atoms with van der Waals surface area (Å²) in [4.78, 5) is 30.4. The normalized spacial score (nSPS) is 13.0. The molecule has 0 aliphatic carbocycles. The van der Waals surface area contributed by atoms with Gasteiger partial charge in [0.15, 0.2) is 5.16 Å². The van der Waals surface area contributed by atoms with Crippen LogP contribution >= 0.6 is 23.1 Å². The zero-order chi connectivity index (χ0) is 21.4. The van der Waals surface area contributed by atoms with Crippen LogP contribution in [0.2, 0.25) is 0 Å². The predicted molar refractivity (Wildman–Crippen MR) is 127 cm³/mol. The highest BCUT2D eigenvalue weighted by Gasteiger charge is 2.21. The van der Waals surface area contributed by atoms with Gasteiger partial charge in [0, 0.05) is 28.8 Å².